The molecule has 0 heterocycles. The quantitative estimate of drug-likeness (QED) is 0.0346. The average Bonchev–Trinajstić information content (AvgIpc) is 3.38. The minimum absolute atomic E-state index is 0.0362. The number of unbranched alkanes of at least 4 members (excludes halogenated alkanes) is 38. The molecular weight excluding hydrogens is 881 g/mol. The summed E-state index contributed by atoms with van der Waals surface area (Å²) < 4.78 is 11.5. The first-order chi connectivity index (χ1) is 35.5. The van der Waals surface area contributed by atoms with Gasteiger partial charge in [0.1, 0.15) is 0 Å². The van der Waals surface area contributed by atoms with E-state index in [-0.39, 0.29) is 11.9 Å². The molecule has 4 heteroatoms. The molecule has 2 unspecified atom stereocenters. The van der Waals surface area contributed by atoms with Gasteiger partial charge >= 0.3 is 11.9 Å². The van der Waals surface area contributed by atoms with Crippen molar-refractivity contribution < 1.29 is 19.1 Å². The molecule has 0 aliphatic rings. The topological polar surface area (TPSA) is 52.6 Å². The van der Waals surface area contributed by atoms with E-state index in [1.165, 1.54) is 295 Å². The van der Waals surface area contributed by atoms with Crippen molar-refractivity contribution in [1.82, 2.24) is 0 Å². The molecule has 0 fully saturated rings. The summed E-state index contributed by atoms with van der Waals surface area (Å²) in [4.78, 5) is 24.5. The van der Waals surface area contributed by atoms with Crippen molar-refractivity contribution in [2.45, 2.75) is 375 Å². The summed E-state index contributed by atoms with van der Waals surface area (Å²) in [7, 11) is 0. The molecule has 0 radical (unpaired) electrons. The number of carbonyl (C=O) groups is 2. The summed E-state index contributed by atoms with van der Waals surface area (Å²) in [5.41, 5.74) is 0. The van der Waals surface area contributed by atoms with Crippen LogP contribution in [-0.4, -0.2) is 25.2 Å². The molecule has 0 saturated heterocycles. The SMILES string of the molecule is CCCCCCCC/C=C\CCCCCCCC(=O)OCC(CCCCCC)CCCCCCCC.CCCCCCCC/C=C\CCCCCCCC(=O)OCC(CCCCCC)CCCCCCCC. The van der Waals surface area contributed by atoms with Crippen LogP contribution >= 0.6 is 0 Å². The molecule has 4 nitrogen and oxygen atoms in total. The number of ether oxygens (including phenoxy) is 2. The molecule has 0 aromatic heterocycles. The van der Waals surface area contributed by atoms with Crippen LogP contribution < -0.4 is 0 Å². The monoisotopic (exact) mass is 1010 g/mol. The maximum atomic E-state index is 12.3. The Morgan fingerprint density at radius 2 is 0.458 bits per heavy atom. The second-order valence-corrected chi connectivity index (χ2v) is 22.6. The van der Waals surface area contributed by atoms with Crippen LogP contribution in [0.2, 0.25) is 0 Å². The fraction of sp³-hybridized carbons (Fsp3) is 0.912. The lowest BCUT2D eigenvalue weighted by molar-refractivity contribution is -0.146. The number of allylic oxidation sites excluding steroid dienone is 4. The fourth-order valence-electron chi connectivity index (χ4n) is 10.0. The van der Waals surface area contributed by atoms with Crippen LogP contribution in [0, 0.1) is 11.8 Å². The lowest BCUT2D eigenvalue weighted by Gasteiger charge is -2.17. The van der Waals surface area contributed by atoms with Crippen LogP contribution in [0.25, 0.3) is 0 Å². The molecule has 0 rings (SSSR count). The van der Waals surface area contributed by atoms with Crippen molar-refractivity contribution >= 4 is 11.9 Å². The van der Waals surface area contributed by atoms with Gasteiger partial charge in [-0.05, 0) is 102 Å². The maximum absolute atomic E-state index is 12.3. The van der Waals surface area contributed by atoms with Crippen molar-refractivity contribution in [3.05, 3.63) is 24.3 Å². The molecule has 0 aromatic carbocycles. The molecule has 2 atom stereocenters. The highest BCUT2D eigenvalue weighted by Crippen LogP contribution is 2.22. The molecule has 0 bridgehead atoms. The minimum atomic E-state index is 0.0362. The zero-order valence-corrected chi connectivity index (χ0v) is 50.3. The number of rotatable bonds is 58. The van der Waals surface area contributed by atoms with E-state index in [2.05, 4.69) is 65.8 Å². The Labute approximate surface area is 453 Å². The van der Waals surface area contributed by atoms with Gasteiger partial charge in [-0.15, -0.1) is 0 Å². The molecule has 0 amide bonds. The van der Waals surface area contributed by atoms with Gasteiger partial charge in [-0.2, -0.15) is 0 Å². The summed E-state index contributed by atoms with van der Waals surface area (Å²) in [6, 6.07) is 0. The lowest BCUT2D eigenvalue weighted by atomic mass is 9.95. The summed E-state index contributed by atoms with van der Waals surface area (Å²) in [6.07, 6.45) is 75.8. The van der Waals surface area contributed by atoms with E-state index in [4.69, 9.17) is 9.47 Å². The standard InChI is InChI=1S/2C34H66O2/c2*1-4-7-10-13-15-16-17-18-19-20-21-22-23-25-28-31-34(35)36-32-33(29-26-12-9-6-3)30-27-24-14-11-8-5-2/h2*18-19,33H,4-17,20-32H2,1-3H3/b2*19-18-. The van der Waals surface area contributed by atoms with Crippen LogP contribution in [0.5, 0.6) is 0 Å². The Balaban J connectivity index is 0. The zero-order valence-electron chi connectivity index (χ0n) is 50.3. The van der Waals surface area contributed by atoms with Crippen molar-refractivity contribution in [2.24, 2.45) is 11.8 Å². The Hall–Kier alpha value is -1.58. The third-order valence-electron chi connectivity index (χ3n) is 15.1. The van der Waals surface area contributed by atoms with Crippen LogP contribution in [0.3, 0.4) is 0 Å². The summed E-state index contributed by atoms with van der Waals surface area (Å²) in [6.45, 7) is 15.0. The van der Waals surface area contributed by atoms with Crippen molar-refractivity contribution in [3.63, 3.8) is 0 Å². The van der Waals surface area contributed by atoms with E-state index in [0.717, 1.165) is 25.7 Å². The van der Waals surface area contributed by atoms with E-state index in [1.807, 2.05) is 0 Å². The Kier molecular flexibility index (Phi) is 66.0. The Bertz CT molecular complexity index is 996. The number of carbonyl (C=O) groups excluding carboxylic acids is 2. The normalized spacial score (nSPS) is 12.4. The van der Waals surface area contributed by atoms with Gasteiger partial charge in [0.05, 0.1) is 13.2 Å². The average molecular weight is 1010 g/mol. The van der Waals surface area contributed by atoms with Crippen LogP contribution in [0.4, 0.5) is 0 Å². The van der Waals surface area contributed by atoms with Gasteiger partial charge in [0.15, 0.2) is 0 Å². The molecule has 0 aliphatic carbocycles. The first kappa shape index (κ1) is 72.5. The Morgan fingerprint density at radius 1 is 0.264 bits per heavy atom. The molecule has 0 aliphatic heterocycles. The van der Waals surface area contributed by atoms with E-state index in [9.17, 15) is 9.59 Å². The van der Waals surface area contributed by atoms with E-state index in [1.54, 1.807) is 0 Å². The fourth-order valence-corrected chi connectivity index (χ4v) is 10.0. The predicted octanol–water partition coefficient (Wildman–Crippen LogP) is 23.8. The second kappa shape index (κ2) is 65.5. The molecule has 0 aromatic rings. The molecule has 428 valence electrons. The van der Waals surface area contributed by atoms with E-state index < -0.39 is 0 Å². The van der Waals surface area contributed by atoms with Gasteiger partial charge in [0, 0.05) is 12.8 Å². The zero-order chi connectivity index (χ0) is 52.7. The highest BCUT2D eigenvalue weighted by atomic mass is 16.5. The second-order valence-electron chi connectivity index (χ2n) is 22.6. The molecular formula is C68H132O4. The molecule has 72 heavy (non-hydrogen) atoms. The largest absolute Gasteiger partial charge is 0.465 e. The summed E-state index contributed by atoms with van der Waals surface area (Å²) in [5.74, 6) is 1.22. The third kappa shape index (κ3) is 62.7. The highest BCUT2D eigenvalue weighted by molar-refractivity contribution is 5.69. The van der Waals surface area contributed by atoms with Gasteiger partial charge in [0.25, 0.3) is 0 Å². The van der Waals surface area contributed by atoms with Crippen molar-refractivity contribution in [3.8, 4) is 0 Å². The van der Waals surface area contributed by atoms with Crippen LogP contribution in [-0.2, 0) is 19.1 Å². The highest BCUT2D eigenvalue weighted by Gasteiger charge is 2.14. The Morgan fingerprint density at radius 3 is 0.708 bits per heavy atom. The van der Waals surface area contributed by atoms with Crippen molar-refractivity contribution in [1.29, 1.82) is 0 Å². The first-order valence-corrected chi connectivity index (χ1v) is 33.1. The lowest BCUT2D eigenvalue weighted by Crippen LogP contribution is -2.14. The molecule has 0 spiro atoms. The first-order valence-electron chi connectivity index (χ1n) is 33.1. The molecule has 0 N–H and O–H groups in total. The van der Waals surface area contributed by atoms with Crippen molar-refractivity contribution in [2.75, 3.05) is 13.2 Å². The molecule has 0 saturated carbocycles. The van der Waals surface area contributed by atoms with E-state index in [0.29, 0.717) is 37.9 Å². The minimum Gasteiger partial charge on any atom is -0.465 e. The number of esters is 2. The van der Waals surface area contributed by atoms with E-state index >= 15 is 0 Å². The van der Waals surface area contributed by atoms with Gasteiger partial charge in [-0.25, -0.2) is 0 Å². The van der Waals surface area contributed by atoms with Gasteiger partial charge < -0.3 is 9.47 Å². The van der Waals surface area contributed by atoms with Gasteiger partial charge in [-0.3, -0.25) is 9.59 Å². The van der Waals surface area contributed by atoms with Crippen LogP contribution in [0.15, 0.2) is 24.3 Å². The summed E-state index contributed by atoms with van der Waals surface area (Å²) >= 11 is 0. The maximum Gasteiger partial charge on any atom is 0.305 e. The smallest absolute Gasteiger partial charge is 0.305 e. The number of hydrogen-bond acceptors (Lipinski definition) is 4. The van der Waals surface area contributed by atoms with Gasteiger partial charge in [-0.1, -0.05) is 297 Å². The van der Waals surface area contributed by atoms with Crippen LogP contribution in [0.1, 0.15) is 375 Å². The third-order valence-corrected chi connectivity index (χ3v) is 15.1. The van der Waals surface area contributed by atoms with Gasteiger partial charge in [0.2, 0.25) is 0 Å². The summed E-state index contributed by atoms with van der Waals surface area (Å²) in [5, 5.41) is 0. The number of hydrogen-bond donors (Lipinski definition) is 0. The predicted molar refractivity (Wildman–Crippen MR) is 321 cm³/mol.